The molecule has 0 unspecified atom stereocenters. The Labute approximate surface area is 117 Å². The van der Waals surface area contributed by atoms with E-state index in [2.05, 4.69) is 9.88 Å². The van der Waals surface area contributed by atoms with Gasteiger partial charge in [0.25, 0.3) is 0 Å². The summed E-state index contributed by atoms with van der Waals surface area (Å²) < 4.78 is 2.05. The smallest absolute Gasteiger partial charge is 0.309 e. The third kappa shape index (κ3) is 2.41. The zero-order valence-electron chi connectivity index (χ0n) is 11.7. The number of hydrogen-bond donors (Lipinski definition) is 1. The van der Waals surface area contributed by atoms with Crippen molar-refractivity contribution in [2.75, 3.05) is 13.1 Å². The van der Waals surface area contributed by atoms with Crippen LogP contribution in [0.25, 0.3) is 5.65 Å². The number of carboxylic acids is 1. The van der Waals surface area contributed by atoms with Crippen LogP contribution in [0.1, 0.15) is 29.8 Å². The molecule has 106 valence electrons. The number of pyridine rings is 1. The maximum atomic E-state index is 11.1. The molecule has 5 nitrogen and oxygen atoms in total. The maximum Gasteiger partial charge on any atom is 0.309 e. The summed E-state index contributed by atoms with van der Waals surface area (Å²) in [5.41, 5.74) is 3.66. The number of imidazole rings is 1. The van der Waals surface area contributed by atoms with Crippen LogP contribution in [0.4, 0.5) is 0 Å². The number of nitrogens with zero attached hydrogens (tertiary/aromatic N) is 3. The predicted octanol–water partition coefficient (Wildman–Crippen LogP) is 1.87. The van der Waals surface area contributed by atoms with E-state index in [1.165, 1.54) is 12.8 Å². The van der Waals surface area contributed by atoms with Crippen LogP contribution in [-0.2, 0) is 17.8 Å². The zero-order valence-corrected chi connectivity index (χ0v) is 11.7. The van der Waals surface area contributed by atoms with Crippen LogP contribution < -0.4 is 0 Å². The van der Waals surface area contributed by atoms with Gasteiger partial charge in [-0.1, -0.05) is 6.07 Å². The topological polar surface area (TPSA) is 57.8 Å². The molecule has 1 aliphatic heterocycles. The monoisotopic (exact) mass is 273 g/mol. The fraction of sp³-hybridized carbons (Fsp3) is 0.467. The van der Waals surface area contributed by atoms with Crippen LogP contribution >= 0.6 is 0 Å². The fourth-order valence-electron chi connectivity index (χ4n) is 2.90. The Kier molecular flexibility index (Phi) is 3.44. The molecule has 1 aliphatic rings. The lowest BCUT2D eigenvalue weighted by Gasteiger charge is -2.15. The van der Waals surface area contributed by atoms with Gasteiger partial charge in [0.2, 0.25) is 0 Å². The SMILES string of the molecule is Cc1cccn2c(CN3CCCC3)c(CC(=O)O)nc12. The first-order valence-electron chi connectivity index (χ1n) is 7.05. The Balaban J connectivity index is 2.04. The lowest BCUT2D eigenvalue weighted by Crippen LogP contribution is -2.20. The maximum absolute atomic E-state index is 11.1. The summed E-state index contributed by atoms with van der Waals surface area (Å²) in [5, 5.41) is 9.08. The van der Waals surface area contributed by atoms with E-state index >= 15 is 0 Å². The minimum atomic E-state index is -0.825. The second-order valence-corrected chi connectivity index (χ2v) is 5.44. The summed E-state index contributed by atoms with van der Waals surface area (Å²) in [6, 6.07) is 3.99. The van der Waals surface area contributed by atoms with Gasteiger partial charge in [0.05, 0.1) is 17.8 Å². The first-order valence-corrected chi connectivity index (χ1v) is 7.05. The number of carbonyl (C=O) groups is 1. The largest absolute Gasteiger partial charge is 0.481 e. The van der Waals surface area contributed by atoms with E-state index in [1.807, 2.05) is 29.7 Å². The van der Waals surface area contributed by atoms with E-state index in [1.54, 1.807) is 0 Å². The normalized spacial score (nSPS) is 16.1. The Bertz CT molecular complexity index is 642. The van der Waals surface area contributed by atoms with Gasteiger partial charge in [0.15, 0.2) is 0 Å². The van der Waals surface area contributed by atoms with Gasteiger partial charge in [0, 0.05) is 12.7 Å². The number of aromatic nitrogens is 2. The summed E-state index contributed by atoms with van der Waals surface area (Å²) in [4.78, 5) is 18.0. The van der Waals surface area contributed by atoms with Gasteiger partial charge >= 0.3 is 5.97 Å². The van der Waals surface area contributed by atoms with Crippen LogP contribution in [0.2, 0.25) is 0 Å². The van der Waals surface area contributed by atoms with Gasteiger partial charge in [-0.05, 0) is 44.5 Å². The van der Waals surface area contributed by atoms with Crippen LogP contribution in [0, 0.1) is 6.92 Å². The molecule has 0 amide bonds. The summed E-state index contributed by atoms with van der Waals surface area (Å²) in [5.74, 6) is -0.825. The highest BCUT2D eigenvalue weighted by atomic mass is 16.4. The van der Waals surface area contributed by atoms with E-state index in [4.69, 9.17) is 5.11 Å². The van der Waals surface area contributed by atoms with Crippen molar-refractivity contribution in [1.29, 1.82) is 0 Å². The van der Waals surface area contributed by atoms with Crippen molar-refractivity contribution in [2.45, 2.75) is 32.7 Å². The van der Waals surface area contributed by atoms with Gasteiger partial charge < -0.3 is 9.51 Å². The first-order chi connectivity index (χ1) is 9.65. The molecule has 0 bridgehead atoms. The molecular formula is C15H19N3O2. The molecule has 3 rings (SSSR count). The van der Waals surface area contributed by atoms with Crippen molar-refractivity contribution in [3.63, 3.8) is 0 Å². The number of rotatable bonds is 4. The fourth-order valence-corrected chi connectivity index (χ4v) is 2.90. The number of likely N-dealkylation sites (tertiary alicyclic amines) is 1. The minimum absolute atomic E-state index is 0.00963. The van der Waals surface area contributed by atoms with Crippen molar-refractivity contribution >= 4 is 11.6 Å². The average molecular weight is 273 g/mol. The molecule has 0 saturated carbocycles. The van der Waals surface area contributed by atoms with Crippen LogP contribution in [0.15, 0.2) is 18.3 Å². The molecule has 2 aromatic heterocycles. The molecule has 0 spiro atoms. The first kappa shape index (κ1) is 13.1. The average Bonchev–Trinajstić information content (AvgIpc) is 3.00. The zero-order chi connectivity index (χ0) is 14.1. The third-order valence-corrected chi connectivity index (χ3v) is 3.92. The lowest BCUT2D eigenvalue weighted by atomic mass is 10.2. The Morgan fingerprint density at radius 1 is 1.40 bits per heavy atom. The van der Waals surface area contributed by atoms with Gasteiger partial charge in [0.1, 0.15) is 5.65 Å². The van der Waals surface area contributed by atoms with Gasteiger partial charge in [-0.25, -0.2) is 4.98 Å². The molecule has 1 N–H and O–H groups in total. The summed E-state index contributed by atoms with van der Waals surface area (Å²) in [6.07, 6.45) is 4.42. The lowest BCUT2D eigenvalue weighted by molar-refractivity contribution is -0.136. The number of aryl methyl sites for hydroxylation is 1. The highest BCUT2D eigenvalue weighted by molar-refractivity contribution is 5.70. The Hall–Kier alpha value is -1.88. The highest BCUT2D eigenvalue weighted by Crippen LogP contribution is 2.20. The minimum Gasteiger partial charge on any atom is -0.481 e. The Morgan fingerprint density at radius 3 is 2.85 bits per heavy atom. The van der Waals surface area contributed by atoms with Gasteiger partial charge in [-0.15, -0.1) is 0 Å². The summed E-state index contributed by atoms with van der Waals surface area (Å²) >= 11 is 0. The number of hydrogen-bond acceptors (Lipinski definition) is 3. The second kappa shape index (κ2) is 5.25. The van der Waals surface area contributed by atoms with Crippen LogP contribution in [0.5, 0.6) is 0 Å². The molecule has 0 radical (unpaired) electrons. The third-order valence-electron chi connectivity index (χ3n) is 3.92. The van der Waals surface area contributed by atoms with Gasteiger partial charge in [-0.3, -0.25) is 9.69 Å². The van der Waals surface area contributed by atoms with Crippen molar-refractivity contribution in [3.05, 3.63) is 35.3 Å². The van der Waals surface area contributed by atoms with E-state index < -0.39 is 5.97 Å². The van der Waals surface area contributed by atoms with Crippen LogP contribution in [-0.4, -0.2) is 38.4 Å². The predicted molar refractivity (Wildman–Crippen MR) is 75.8 cm³/mol. The molecular weight excluding hydrogens is 254 g/mol. The molecule has 0 aliphatic carbocycles. The molecule has 1 fully saturated rings. The van der Waals surface area contributed by atoms with E-state index in [9.17, 15) is 4.79 Å². The molecule has 20 heavy (non-hydrogen) atoms. The standard InChI is InChI=1S/C15H19N3O2/c1-11-5-4-8-18-13(10-17-6-2-3-7-17)12(9-14(19)20)16-15(11)18/h4-5,8H,2-3,6-7,9-10H2,1H3,(H,19,20). The second-order valence-electron chi connectivity index (χ2n) is 5.44. The molecule has 0 aromatic carbocycles. The molecule has 5 heteroatoms. The summed E-state index contributed by atoms with van der Waals surface area (Å²) in [6.45, 7) is 4.97. The van der Waals surface area contributed by atoms with Crippen molar-refractivity contribution in [2.24, 2.45) is 0 Å². The quantitative estimate of drug-likeness (QED) is 0.924. The number of aliphatic carboxylic acids is 1. The summed E-state index contributed by atoms with van der Waals surface area (Å²) in [7, 11) is 0. The number of fused-ring (bicyclic) bond motifs is 1. The highest BCUT2D eigenvalue weighted by Gasteiger charge is 2.20. The van der Waals surface area contributed by atoms with Crippen molar-refractivity contribution in [3.8, 4) is 0 Å². The van der Waals surface area contributed by atoms with Crippen molar-refractivity contribution < 1.29 is 9.90 Å². The Morgan fingerprint density at radius 2 is 2.15 bits per heavy atom. The van der Waals surface area contributed by atoms with E-state index in [0.29, 0.717) is 5.69 Å². The number of carboxylic acid groups (broad SMARTS) is 1. The van der Waals surface area contributed by atoms with Crippen molar-refractivity contribution in [1.82, 2.24) is 14.3 Å². The van der Waals surface area contributed by atoms with E-state index in [0.717, 1.165) is 36.5 Å². The van der Waals surface area contributed by atoms with Crippen LogP contribution in [0.3, 0.4) is 0 Å². The molecule has 2 aromatic rings. The molecule has 0 atom stereocenters. The van der Waals surface area contributed by atoms with Gasteiger partial charge in [-0.2, -0.15) is 0 Å². The molecule has 1 saturated heterocycles. The molecule has 3 heterocycles. The van der Waals surface area contributed by atoms with E-state index in [-0.39, 0.29) is 6.42 Å².